The van der Waals surface area contributed by atoms with Gasteiger partial charge in [0.1, 0.15) is 5.54 Å². The summed E-state index contributed by atoms with van der Waals surface area (Å²) in [5, 5.41) is 11.6. The van der Waals surface area contributed by atoms with Gasteiger partial charge in [0.25, 0.3) is 0 Å². The fraction of sp³-hybridized carbons (Fsp3) is 0.278. The minimum Gasteiger partial charge on any atom is -0.368 e. The lowest BCUT2D eigenvalue weighted by Crippen LogP contribution is -2.62. The molecule has 8 heteroatoms. The first-order valence-corrected chi connectivity index (χ1v) is 8.44. The zero-order chi connectivity index (χ0) is 18.3. The van der Waals surface area contributed by atoms with Gasteiger partial charge in [-0.1, -0.05) is 18.2 Å². The predicted molar refractivity (Wildman–Crippen MR) is 98.3 cm³/mol. The molecule has 134 valence electrons. The van der Waals surface area contributed by atoms with E-state index >= 15 is 0 Å². The number of aryl methyl sites for hydroxylation is 1. The fourth-order valence-corrected chi connectivity index (χ4v) is 3.61. The van der Waals surface area contributed by atoms with Crippen molar-refractivity contribution in [1.29, 1.82) is 0 Å². The highest BCUT2D eigenvalue weighted by molar-refractivity contribution is 5.88. The molecule has 0 bridgehead atoms. The highest BCUT2D eigenvalue weighted by Crippen LogP contribution is 2.35. The number of nitrogens with zero attached hydrogens (tertiary/aromatic N) is 5. The molecule has 2 aromatic rings. The van der Waals surface area contributed by atoms with Gasteiger partial charge in [-0.15, -0.1) is 0 Å². The Bertz CT molecular complexity index is 902. The number of amides is 1. The van der Waals surface area contributed by atoms with Crippen molar-refractivity contribution in [3.05, 3.63) is 60.6 Å². The Morgan fingerprint density at radius 3 is 2.92 bits per heavy atom. The topological polar surface area (TPSA) is 92.3 Å². The number of anilines is 1. The summed E-state index contributed by atoms with van der Waals surface area (Å²) >= 11 is 0. The van der Waals surface area contributed by atoms with Gasteiger partial charge >= 0.3 is 0 Å². The number of carbonyl (C=O) groups is 1. The minimum atomic E-state index is -0.906. The van der Waals surface area contributed by atoms with Crippen LogP contribution in [0.4, 0.5) is 5.82 Å². The zero-order valence-corrected chi connectivity index (χ0v) is 14.7. The number of pyridine rings is 1. The molecule has 0 aliphatic carbocycles. The summed E-state index contributed by atoms with van der Waals surface area (Å²) in [5.41, 5.74) is 5.79. The third-order valence-corrected chi connectivity index (χ3v) is 4.97. The third kappa shape index (κ3) is 2.30. The van der Waals surface area contributed by atoms with E-state index in [1.165, 1.54) is 0 Å². The van der Waals surface area contributed by atoms with Crippen LogP contribution in [-0.4, -0.2) is 50.9 Å². The lowest BCUT2D eigenvalue weighted by Gasteiger charge is -2.34. The van der Waals surface area contributed by atoms with Crippen molar-refractivity contribution < 1.29 is 4.79 Å². The van der Waals surface area contributed by atoms with E-state index in [9.17, 15) is 4.79 Å². The number of likely N-dealkylation sites (N-methyl/N-ethyl adjacent to an activating group) is 1. The first-order chi connectivity index (χ1) is 12.6. The number of hydrazine groups is 1. The summed E-state index contributed by atoms with van der Waals surface area (Å²) in [4.78, 5) is 16.9. The van der Waals surface area contributed by atoms with Crippen molar-refractivity contribution in [2.24, 2.45) is 5.73 Å². The quantitative estimate of drug-likeness (QED) is 0.834. The number of carbonyl (C=O) groups excluding carboxylic acids is 1. The number of primary amides is 1. The van der Waals surface area contributed by atoms with Crippen LogP contribution in [0.3, 0.4) is 0 Å². The van der Waals surface area contributed by atoms with Gasteiger partial charge < -0.3 is 11.1 Å². The molecule has 2 aliphatic rings. The molecule has 2 aromatic heterocycles. The normalized spacial score (nSPS) is 24.2. The maximum atomic E-state index is 12.3. The SMILES string of the molecule is CNC1(C(N)=O)CN(c2ccnn2-c2cccc(C)n2)N2C=CC=CC21. The Hall–Kier alpha value is -3.13. The predicted octanol–water partition coefficient (Wildman–Crippen LogP) is 0.508. The average molecular weight is 351 g/mol. The number of hydrogen-bond donors (Lipinski definition) is 2. The van der Waals surface area contributed by atoms with Crippen LogP contribution in [0.25, 0.3) is 5.82 Å². The van der Waals surface area contributed by atoms with Gasteiger partial charge in [-0.3, -0.25) is 14.8 Å². The van der Waals surface area contributed by atoms with Crippen LogP contribution in [0.15, 0.2) is 54.9 Å². The van der Waals surface area contributed by atoms with Crippen LogP contribution in [0.5, 0.6) is 0 Å². The summed E-state index contributed by atoms with van der Waals surface area (Å²) in [6.45, 7) is 2.32. The Balaban J connectivity index is 1.80. The molecule has 3 N–H and O–H groups in total. The number of hydrogen-bond acceptors (Lipinski definition) is 6. The van der Waals surface area contributed by atoms with Crippen molar-refractivity contribution in [2.75, 3.05) is 18.6 Å². The molecule has 1 amide bonds. The van der Waals surface area contributed by atoms with Crippen LogP contribution in [0, 0.1) is 6.92 Å². The van der Waals surface area contributed by atoms with Crippen LogP contribution in [0.2, 0.25) is 0 Å². The molecule has 0 saturated carbocycles. The second-order valence-corrected chi connectivity index (χ2v) is 6.43. The second-order valence-electron chi connectivity index (χ2n) is 6.43. The standard InChI is InChI=1S/C18H21N7O/c1-13-6-5-8-15(22-13)25-16(9-10-21-25)24-12-18(20-2,17(19)26)14-7-3-4-11-23(14)24/h3-11,14,20H,12H2,1-2H3,(H2,19,26). The number of fused-ring (bicyclic) bond motifs is 1. The molecule has 2 atom stereocenters. The van der Waals surface area contributed by atoms with Gasteiger partial charge in [0.05, 0.1) is 18.8 Å². The van der Waals surface area contributed by atoms with Gasteiger partial charge in [0.2, 0.25) is 5.91 Å². The van der Waals surface area contributed by atoms with E-state index in [1.54, 1.807) is 17.9 Å². The van der Waals surface area contributed by atoms with Crippen molar-refractivity contribution >= 4 is 11.7 Å². The summed E-state index contributed by atoms with van der Waals surface area (Å²) < 4.78 is 1.77. The Kier molecular flexibility index (Phi) is 3.77. The van der Waals surface area contributed by atoms with Crippen molar-refractivity contribution in [2.45, 2.75) is 18.5 Å². The molecule has 1 fully saturated rings. The van der Waals surface area contributed by atoms with Crippen LogP contribution >= 0.6 is 0 Å². The number of allylic oxidation sites excluding steroid dienone is 2. The molecule has 2 aliphatic heterocycles. The molecule has 4 heterocycles. The van der Waals surface area contributed by atoms with E-state index in [4.69, 9.17) is 5.73 Å². The van der Waals surface area contributed by atoms with E-state index < -0.39 is 11.4 Å². The van der Waals surface area contributed by atoms with Gasteiger partial charge in [-0.05, 0) is 32.2 Å². The molecule has 0 radical (unpaired) electrons. The second kappa shape index (κ2) is 5.99. The van der Waals surface area contributed by atoms with Crippen molar-refractivity contribution in [1.82, 2.24) is 25.1 Å². The molecule has 0 spiro atoms. The minimum absolute atomic E-state index is 0.219. The molecule has 2 unspecified atom stereocenters. The molecule has 1 saturated heterocycles. The third-order valence-electron chi connectivity index (χ3n) is 4.97. The fourth-order valence-electron chi connectivity index (χ4n) is 3.61. The number of rotatable bonds is 4. The lowest BCUT2D eigenvalue weighted by atomic mass is 9.89. The van der Waals surface area contributed by atoms with Gasteiger partial charge in [0.15, 0.2) is 11.6 Å². The Labute approximate surface area is 151 Å². The Morgan fingerprint density at radius 2 is 2.19 bits per heavy atom. The van der Waals surface area contributed by atoms with E-state index in [0.29, 0.717) is 6.54 Å². The smallest absolute Gasteiger partial charge is 0.242 e. The summed E-state index contributed by atoms with van der Waals surface area (Å²) in [5.74, 6) is 1.14. The van der Waals surface area contributed by atoms with E-state index in [0.717, 1.165) is 17.3 Å². The summed E-state index contributed by atoms with van der Waals surface area (Å²) in [6, 6.07) is 7.47. The highest BCUT2D eigenvalue weighted by atomic mass is 16.2. The molecule has 26 heavy (non-hydrogen) atoms. The maximum absolute atomic E-state index is 12.3. The first kappa shape index (κ1) is 16.3. The van der Waals surface area contributed by atoms with Gasteiger partial charge in [0, 0.05) is 18.0 Å². The van der Waals surface area contributed by atoms with Crippen LogP contribution < -0.4 is 16.1 Å². The lowest BCUT2D eigenvalue weighted by molar-refractivity contribution is -0.124. The summed E-state index contributed by atoms with van der Waals surface area (Å²) in [7, 11) is 1.76. The van der Waals surface area contributed by atoms with Crippen LogP contribution in [0.1, 0.15) is 5.69 Å². The van der Waals surface area contributed by atoms with Gasteiger partial charge in [-0.2, -0.15) is 9.78 Å². The van der Waals surface area contributed by atoms with E-state index in [-0.39, 0.29) is 6.04 Å². The number of aromatic nitrogens is 3. The monoisotopic (exact) mass is 351 g/mol. The van der Waals surface area contributed by atoms with Crippen molar-refractivity contribution in [3.63, 3.8) is 0 Å². The molecule has 4 rings (SSSR count). The number of nitrogens with two attached hydrogens (primary N) is 1. The zero-order valence-electron chi connectivity index (χ0n) is 14.7. The van der Waals surface area contributed by atoms with Crippen LogP contribution in [-0.2, 0) is 4.79 Å². The van der Waals surface area contributed by atoms with Gasteiger partial charge in [-0.25, -0.2) is 4.98 Å². The maximum Gasteiger partial charge on any atom is 0.242 e. The molecular formula is C18H21N7O. The summed E-state index contributed by atoms with van der Waals surface area (Å²) in [6.07, 6.45) is 9.50. The van der Waals surface area contributed by atoms with E-state index in [1.807, 2.05) is 65.6 Å². The molecular weight excluding hydrogens is 330 g/mol. The number of nitrogens with one attached hydrogen (secondary N) is 1. The molecule has 8 nitrogen and oxygen atoms in total. The first-order valence-electron chi connectivity index (χ1n) is 8.44. The Morgan fingerprint density at radius 1 is 1.35 bits per heavy atom. The van der Waals surface area contributed by atoms with Crippen molar-refractivity contribution in [3.8, 4) is 5.82 Å². The molecule has 0 aromatic carbocycles. The van der Waals surface area contributed by atoms with E-state index in [2.05, 4.69) is 15.4 Å². The highest BCUT2D eigenvalue weighted by Gasteiger charge is 2.54. The average Bonchev–Trinajstić information content (AvgIpc) is 3.25. The largest absolute Gasteiger partial charge is 0.368 e.